The van der Waals surface area contributed by atoms with Crippen molar-refractivity contribution < 1.29 is 14.6 Å². The molecule has 0 saturated carbocycles. The van der Waals surface area contributed by atoms with E-state index < -0.39 is 5.97 Å². The highest BCUT2D eigenvalue weighted by Crippen LogP contribution is 2.26. The molecule has 0 aliphatic heterocycles. The minimum atomic E-state index is -0.724. The van der Waals surface area contributed by atoms with Crippen molar-refractivity contribution in [2.24, 2.45) is 0 Å². The second-order valence-electron chi connectivity index (χ2n) is 3.80. The smallest absolute Gasteiger partial charge is 0.303 e. The van der Waals surface area contributed by atoms with E-state index in [1.54, 1.807) is 0 Å². The first-order valence-electron chi connectivity index (χ1n) is 5.76. The summed E-state index contributed by atoms with van der Waals surface area (Å²) in [6, 6.07) is 6.00. The number of aliphatic carboxylic acids is 1. The molecule has 0 radical (unpaired) electrons. The van der Waals surface area contributed by atoms with Crippen LogP contribution in [0.25, 0.3) is 0 Å². The molecule has 0 aliphatic carbocycles. The predicted octanol–water partition coefficient (Wildman–Crippen LogP) is 3.65. The summed E-state index contributed by atoms with van der Waals surface area (Å²) in [6.45, 7) is 2.60. The van der Waals surface area contributed by atoms with Gasteiger partial charge in [0, 0.05) is 6.42 Å². The minimum absolute atomic E-state index is 0.248. The fourth-order valence-corrected chi connectivity index (χ4v) is 2.12. The van der Waals surface area contributed by atoms with Gasteiger partial charge in [0.15, 0.2) is 0 Å². The van der Waals surface area contributed by atoms with Crippen LogP contribution in [-0.2, 0) is 11.2 Å². The number of ether oxygens (including phenoxy) is 1. The second-order valence-corrected chi connectivity index (χ2v) is 4.65. The minimum Gasteiger partial charge on any atom is -0.493 e. The number of hydrogen-bond acceptors (Lipinski definition) is 2. The largest absolute Gasteiger partial charge is 0.493 e. The summed E-state index contributed by atoms with van der Waals surface area (Å²) >= 11 is 3.46. The summed E-state index contributed by atoms with van der Waals surface area (Å²) in [6.07, 6.45) is 2.77. The molecule has 0 amide bonds. The van der Waals surface area contributed by atoms with Gasteiger partial charge in [-0.15, -0.1) is 0 Å². The average Bonchev–Trinajstić information content (AvgIpc) is 2.28. The molecule has 1 N–H and O–H groups in total. The van der Waals surface area contributed by atoms with E-state index in [0.29, 0.717) is 6.61 Å². The van der Waals surface area contributed by atoms with E-state index in [9.17, 15) is 4.79 Å². The Balaban J connectivity index is 2.44. The zero-order valence-corrected chi connectivity index (χ0v) is 11.5. The molecular formula is C13H17BrO3. The highest BCUT2D eigenvalue weighted by Gasteiger charge is 2.03. The number of carbonyl (C=O) groups is 1. The molecule has 0 aliphatic rings. The van der Waals surface area contributed by atoms with Crippen LogP contribution in [0.2, 0.25) is 0 Å². The van der Waals surface area contributed by atoms with Gasteiger partial charge in [-0.25, -0.2) is 0 Å². The van der Waals surface area contributed by atoms with E-state index in [1.165, 1.54) is 5.56 Å². The summed E-state index contributed by atoms with van der Waals surface area (Å²) < 4.78 is 6.38. The summed E-state index contributed by atoms with van der Waals surface area (Å²) in [4.78, 5) is 10.4. The van der Waals surface area contributed by atoms with Crippen LogP contribution in [0.3, 0.4) is 0 Å². The van der Waals surface area contributed by atoms with Crippen LogP contribution >= 0.6 is 15.9 Å². The first-order chi connectivity index (χ1) is 8.13. The van der Waals surface area contributed by atoms with Crippen LogP contribution in [0, 0.1) is 0 Å². The lowest BCUT2D eigenvalue weighted by molar-refractivity contribution is -0.137. The Bertz CT molecular complexity index is 377. The van der Waals surface area contributed by atoms with Crippen molar-refractivity contribution in [3.63, 3.8) is 0 Å². The van der Waals surface area contributed by atoms with E-state index in [4.69, 9.17) is 9.84 Å². The monoisotopic (exact) mass is 300 g/mol. The van der Waals surface area contributed by atoms with E-state index in [0.717, 1.165) is 29.5 Å². The molecule has 94 valence electrons. The van der Waals surface area contributed by atoms with Crippen molar-refractivity contribution in [1.82, 2.24) is 0 Å². The highest BCUT2D eigenvalue weighted by molar-refractivity contribution is 9.10. The number of unbranched alkanes of at least 4 members (excludes halogenated alkanes) is 1. The Labute approximate surface area is 110 Å². The molecule has 0 unspecified atom stereocenters. The first kappa shape index (κ1) is 14.0. The van der Waals surface area contributed by atoms with Gasteiger partial charge in [0.05, 0.1) is 11.1 Å². The van der Waals surface area contributed by atoms with Gasteiger partial charge in [0.25, 0.3) is 0 Å². The van der Waals surface area contributed by atoms with Gasteiger partial charge in [-0.1, -0.05) is 6.07 Å². The van der Waals surface area contributed by atoms with E-state index in [2.05, 4.69) is 15.9 Å². The van der Waals surface area contributed by atoms with Crippen LogP contribution in [0.5, 0.6) is 5.75 Å². The molecular weight excluding hydrogens is 284 g/mol. The molecule has 1 aromatic carbocycles. The Morgan fingerprint density at radius 2 is 2.18 bits per heavy atom. The van der Waals surface area contributed by atoms with Crippen LogP contribution in [0.4, 0.5) is 0 Å². The summed E-state index contributed by atoms with van der Waals surface area (Å²) in [5.41, 5.74) is 1.20. The molecule has 0 aromatic heterocycles. The SMILES string of the molecule is CCOc1ccc(CCCCC(=O)O)cc1Br. The van der Waals surface area contributed by atoms with Crippen LogP contribution in [0.15, 0.2) is 22.7 Å². The number of carboxylic acid groups (broad SMARTS) is 1. The number of halogens is 1. The van der Waals surface area contributed by atoms with Crippen molar-refractivity contribution in [2.45, 2.75) is 32.6 Å². The molecule has 3 nitrogen and oxygen atoms in total. The van der Waals surface area contributed by atoms with E-state index >= 15 is 0 Å². The van der Waals surface area contributed by atoms with Gasteiger partial charge in [-0.3, -0.25) is 4.79 Å². The van der Waals surface area contributed by atoms with E-state index in [-0.39, 0.29) is 6.42 Å². The lowest BCUT2D eigenvalue weighted by atomic mass is 10.1. The lowest BCUT2D eigenvalue weighted by Crippen LogP contribution is -1.96. The van der Waals surface area contributed by atoms with Crippen molar-refractivity contribution in [2.75, 3.05) is 6.61 Å². The molecule has 0 atom stereocenters. The van der Waals surface area contributed by atoms with Gasteiger partial charge < -0.3 is 9.84 Å². The number of hydrogen-bond donors (Lipinski definition) is 1. The Morgan fingerprint density at radius 1 is 1.41 bits per heavy atom. The van der Waals surface area contributed by atoms with Crippen LogP contribution in [0.1, 0.15) is 31.7 Å². The van der Waals surface area contributed by atoms with Crippen molar-refractivity contribution >= 4 is 21.9 Å². The molecule has 17 heavy (non-hydrogen) atoms. The standard InChI is InChI=1S/C13H17BrO3/c1-2-17-12-8-7-10(9-11(12)14)5-3-4-6-13(15)16/h7-9H,2-6H2,1H3,(H,15,16). The predicted molar refractivity (Wildman–Crippen MR) is 70.5 cm³/mol. The Kier molecular flexibility index (Phi) is 6.05. The number of rotatable bonds is 7. The number of benzene rings is 1. The Morgan fingerprint density at radius 3 is 2.76 bits per heavy atom. The third kappa shape index (κ3) is 5.22. The number of carboxylic acids is 1. The molecule has 4 heteroatoms. The van der Waals surface area contributed by atoms with Crippen molar-refractivity contribution in [1.29, 1.82) is 0 Å². The average molecular weight is 301 g/mol. The third-order valence-corrected chi connectivity index (χ3v) is 3.02. The molecule has 0 fully saturated rings. The summed E-state index contributed by atoms with van der Waals surface area (Å²) in [7, 11) is 0. The lowest BCUT2D eigenvalue weighted by Gasteiger charge is -2.07. The normalized spacial score (nSPS) is 10.2. The van der Waals surface area contributed by atoms with Gasteiger partial charge in [-0.2, -0.15) is 0 Å². The van der Waals surface area contributed by atoms with Gasteiger partial charge in [0.2, 0.25) is 0 Å². The second kappa shape index (κ2) is 7.33. The molecule has 0 heterocycles. The zero-order chi connectivity index (χ0) is 12.7. The van der Waals surface area contributed by atoms with Gasteiger partial charge >= 0.3 is 5.97 Å². The maximum atomic E-state index is 10.4. The van der Waals surface area contributed by atoms with Crippen molar-refractivity contribution in [3.8, 4) is 5.75 Å². The maximum Gasteiger partial charge on any atom is 0.303 e. The van der Waals surface area contributed by atoms with Crippen LogP contribution in [-0.4, -0.2) is 17.7 Å². The molecule has 1 rings (SSSR count). The van der Waals surface area contributed by atoms with Crippen LogP contribution < -0.4 is 4.74 Å². The maximum absolute atomic E-state index is 10.4. The molecule has 0 saturated heterocycles. The van der Waals surface area contributed by atoms with Gasteiger partial charge in [-0.05, 0) is 59.8 Å². The summed E-state index contributed by atoms with van der Waals surface area (Å²) in [5.74, 6) is 0.125. The Hall–Kier alpha value is -1.03. The molecule has 1 aromatic rings. The van der Waals surface area contributed by atoms with Crippen molar-refractivity contribution in [3.05, 3.63) is 28.2 Å². The number of aryl methyl sites for hydroxylation is 1. The fourth-order valence-electron chi connectivity index (χ4n) is 1.58. The molecule has 0 spiro atoms. The van der Waals surface area contributed by atoms with E-state index in [1.807, 2.05) is 25.1 Å². The fraction of sp³-hybridized carbons (Fsp3) is 0.462. The first-order valence-corrected chi connectivity index (χ1v) is 6.55. The quantitative estimate of drug-likeness (QED) is 0.782. The van der Waals surface area contributed by atoms with Gasteiger partial charge in [0.1, 0.15) is 5.75 Å². The topological polar surface area (TPSA) is 46.5 Å². The highest BCUT2D eigenvalue weighted by atomic mass is 79.9. The zero-order valence-electron chi connectivity index (χ0n) is 9.91. The third-order valence-electron chi connectivity index (χ3n) is 2.40. The molecule has 0 bridgehead atoms. The summed E-state index contributed by atoms with van der Waals surface area (Å²) in [5, 5.41) is 8.53.